The van der Waals surface area contributed by atoms with Crippen LogP contribution in [0, 0.1) is 0 Å². The first-order valence-electron chi connectivity index (χ1n) is 6.37. The van der Waals surface area contributed by atoms with Crippen molar-refractivity contribution >= 4 is 28.5 Å². The maximum Gasteiger partial charge on any atom is 0.328 e. The van der Waals surface area contributed by atoms with E-state index in [1.165, 1.54) is 0 Å². The molecule has 0 bridgehead atoms. The third-order valence-electron chi connectivity index (χ3n) is 2.92. The number of nitrogen functional groups attached to an aromatic ring is 1. The van der Waals surface area contributed by atoms with Crippen LogP contribution in [0.5, 0.6) is 0 Å². The van der Waals surface area contributed by atoms with Gasteiger partial charge in [-0.2, -0.15) is 0 Å². The predicted molar refractivity (Wildman–Crippen MR) is 76.3 cm³/mol. The molecule has 0 saturated heterocycles. The molecule has 20 heavy (non-hydrogen) atoms. The van der Waals surface area contributed by atoms with Crippen LogP contribution in [0.25, 0.3) is 10.9 Å². The Balaban J connectivity index is 2.15. The number of aromatic amines is 1. The summed E-state index contributed by atoms with van der Waals surface area (Å²) in [6, 6.07) is 6.41. The molecular weight excluding hydrogens is 258 g/mol. The highest BCUT2D eigenvalue weighted by Gasteiger charge is 2.18. The summed E-state index contributed by atoms with van der Waals surface area (Å²) in [7, 11) is 0. The van der Waals surface area contributed by atoms with Crippen molar-refractivity contribution in [2.45, 2.75) is 19.9 Å². The average Bonchev–Trinajstić information content (AvgIpc) is 2.84. The number of hydrogen-bond acceptors (Lipinski definition) is 4. The zero-order valence-corrected chi connectivity index (χ0v) is 11.4. The highest BCUT2D eigenvalue weighted by Crippen LogP contribution is 2.21. The van der Waals surface area contributed by atoms with Crippen molar-refractivity contribution in [3.05, 3.63) is 30.0 Å². The molecule has 0 saturated carbocycles. The molecule has 1 amide bonds. The van der Waals surface area contributed by atoms with Gasteiger partial charge in [-0.05, 0) is 26.0 Å². The van der Waals surface area contributed by atoms with Gasteiger partial charge in [0.15, 0.2) is 0 Å². The number of carbonyl (C=O) groups is 2. The number of hydrogen-bond donors (Lipinski definition) is 3. The first-order valence-corrected chi connectivity index (χ1v) is 6.37. The standard InChI is InChI=1S/C14H17N3O3/c1-3-20-14(19)8(2)16-13(18)11-7-9-5-4-6-10(15)12(9)17-11/h4-8,17H,3,15H2,1-2H3,(H,16,18). The van der Waals surface area contributed by atoms with E-state index in [1.54, 1.807) is 26.0 Å². The number of anilines is 1. The van der Waals surface area contributed by atoms with Crippen LogP contribution < -0.4 is 11.1 Å². The Kier molecular flexibility index (Phi) is 3.93. The number of fused-ring (bicyclic) bond motifs is 1. The lowest BCUT2D eigenvalue weighted by Crippen LogP contribution is -2.39. The third-order valence-corrected chi connectivity index (χ3v) is 2.92. The maximum atomic E-state index is 12.1. The molecule has 1 atom stereocenters. The zero-order valence-electron chi connectivity index (χ0n) is 11.4. The molecule has 6 nitrogen and oxygen atoms in total. The van der Waals surface area contributed by atoms with Crippen molar-refractivity contribution < 1.29 is 14.3 Å². The minimum absolute atomic E-state index is 0.280. The van der Waals surface area contributed by atoms with E-state index in [1.807, 2.05) is 12.1 Å². The molecule has 0 radical (unpaired) electrons. The number of benzene rings is 1. The average molecular weight is 275 g/mol. The van der Waals surface area contributed by atoms with E-state index in [-0.39, 0.29) is 12.5 Å². The molecule has 0 aliphatic rings. The number of amides is 1. The molecule has 2 aromatic rings. The molecule has 1 aromatic carbocycles. The highest BCUT2D eigenvalue weighted by atomic mass is 16.5. The van der Waals surface area contributed by atoms with Gasteiger partial charge in [0.1, 0.15) is 11.7 Å². The van der Waals surface area contributed by atoms with Gasteiger partial charge < -0.3 is 20.8 Å². The summed E-state index contributed by atoms with van der Waals surface area (Å²) in [5.74, 6) is -0.836. The summed E-state index contributed by atoms with van der Waals surface area (Å²) < 4.78 is 4.83. The molecule has 1 unspecified atom stereocenters. The number of para-hydroxylation sites is 1. The second-order valence-corrected chi connectivity index (χ2v) is 4.44. The number of esters is 1. The fraction of sp³-hybridized carbons (Fsp3) is 0.286. The van der Waals surface area contributed by atoms with Crippen molar-refractivity contribution in [2.24, 2.45) is 0 Å². The molecule has 0 aliphatic carbocycles. The molecule has 1 aromatic heterocycles. The van der Waals surface area contributed by atoms with Gasteiger partial charge in [-0.1, -0.05) is 12.1 Å². The lowest BCUT2D eigenvalue weighted by Gasteiger charge is -2.11. The fourth-order valence-electron chi connectivity index (χ4n) is 1.90. The van der Waals surface area contributed by atoms with Crippen LogP contribution in [0.1, 0.15) is 24.3 Å². The van der Waals surface area contributed by atoms with E-state index in [9.17, 15) is 9.59 Å². The van der Waals surface area contributed by atoms with Crippen LogP contribution >= 0.6 is 0 Å². The maximum absolute atomic E-state index is 12.1. The summed E-state index contributed by atoms with van der Waals surface area (Å²) >= 11 is 0. The van der Waals surface area contributed by atoms with Crippen LogP contribution in [0.2, 0.25) is 0 Å². The van der Waals surface area contributed by atoms with E-state index in [2.05, 4.69) is 10.3 Å². The van der Waals surface area contributed by atoms with Crippen molar-refractivity contribution in [1.82, 2.24) is 10.3 Å². The second kappa shape index (κ2) is 5.64. The summed E-state index contributed by atoms with van der Waals surface area (Å²) in [4.78, 5) is 26.5. The third kappa shape index (κ3) is 2.74. The molecule has 1 heterocycles. The van der Waals surface area contributed by atoms with Crippen LogP contribution in [0.15, 0.2) is 24.3 Å². The first-order chi connectivity index (χ1) is 9.52. The number of carbonyl (C=O) groups excluding carboxylic acids is 2. The Hall–Kier alpha value is -2.50. The van der Waals surface area contributed by atoms with Gasteiger partial charge in [0.2, 0.25) is 0 Å². The highest BCUT2D eigenvalue weighted by molar-refractivity contribution is 6.01. The van der Waals surface area contributed by atoms with Crippen LogP contribution in [0.4, 0.5) is 5.69 Å². The molecule has 6 heteroatoms. The lowest BCUT2D eigenvalue weighted by atomic mass is 10.2. The summed E-state index contributed by atoms with van der Waals surface area (Å²) in [6.07, 6.45) is 0. The monoisotopic (exact) mass is 275 g/mol. The quantitative estimate of drug-likeness (QED) is 0.581. The minimum Gasteiger partial charge on any atom is -0.464 e. The van der Waals surface area contributed by atoms with Gasteiger partial charge in [-0.25, -0.2) is 4.79 Å². The topological polar surface area (TPSA) is 97.2 Å². The van der Waals surface area contributed by atoms with Crippen LogP contribution in [0.3, 0.4) is 0 Å². The second-order valence-electron chi connectivity index (χ2n) is 4.44. The number of H-pyrrole nitrogens is 1. The SMILES string of the molecule is CCOC(=O)C(C)NC(=O)c1cc2cccc(N)c2[nH]1. The van der Waals surface area contributed by atoms with Crippen LogP contribution in [-0.4, -0.2) is 29.5 Å². The van der Waals surface area contributed by atoms with Crippen molar-refractivity contribution in [2.75, 3.05) is 12.3 Å². The Morgan fingerprint density at radius 1 is 1.45 bits per heavy atom. The molecule has 106 valence electrons. The number of nitrogens with two attached hydrogens (primary N) is 1. The van der Waals surface area contributed by atoms with Gasteiger partial charge in [-0.3, -0.25) is 4.79 Å². The Bertz CT molecular complexity index is 648. The molecular formula is C14H17N3O3. The number of rotatable bonds is 4. The van der Waals surface area contributed by atoms with Crippen molar-refractivity contribution in [3.63, 3.8) is 0 Å². The van der Waals surface area contributed by atoms with Crippen LogP contribution in [-0.2, 0) is 9.53 Å². The van der Waals surface area contributed by atoms with Gasteiger partial charge in [0.05, 0.1) is 17.8 Å². The van der Waals surface area contributed by atoms with E-state index >= 15 is 0 Å². The lowest BCUT2D eigenvalue weighted by molar-refractivity contribution is -0.144. The summed E-state index contributed by atoms with van der Waals surface area (Å²) in [6.45, 7) is 3.57. The molecule has 0 aliphatic heterocycles. The smallest absolute Gasteiger partial charge is 0.328 e. The Morgan fingerprint density at radius 3 is 2.85 bits per heavy atom. The van der Waals surface area contributed by atoms with Crippen molar-refractivity contribution in [3.8, 4) is 0 Å². The van der Waals surface area contributed by atoms with E-state index in [0.717, 1.165) is 5.39 Å². The first kappa shape index (κ1) is 13.9. The number of nitrogens with one attached hydrogen (secondary N) is 2. The van der Waals surface area contributed by atoms with E-state index < -0.39 is 12.0 Å². The van der Waals surface area contributed by atoms with Gasteiger partial charge in [0, 0.05) is 5.39 Å². The Labute approximate surface area is 116 Å². The number of aromatic nitrogens is 1. The zero-order chi connectivity index (χ0) is 14.7. The molecule has 2 rings (SSSR count). The molecule has 4 N–H and O–H groups in total. The predicted octanol–water partition coefficient (Wildman–Crippen LogP) is 1.43. The van der Waals surface area contributed by atoms with E-state index in [0.29, 0.717) is 16.9 Å². The summed E-state index contributed by atoms with van der Waals surface area (Å²) in [5.41, 5.74) is 7.46. The molecule has 0 fully saturated rings. The van der Waals surface area contributed by atoms with Crippen molar-refractivity contribution in [1.29, 1.82) is 0 Å². The summed E-state index contributed by atoms with van der Waals surface area (Å²) in [5, 5.41) is 3.42. The van der Waals surface area contributed by atoms with Gasteiger partial charge in [-0.15, -0.1) is 0 Å². The van der Waals surface area contributed by atoms with Gasteiger partial charge in [0.25, 0.3) is 5.91 Å². The Morgan fingerprint density at radius 2 is 2.20 bits per heavy atom. The largest absolute Gasteiger partial charge is 0.464 e. The number of ether oxygens (including phenoxy) is 1. The van der Waals surface area contributed by atoms with Gasteiger partial charge >= 0.3 is 5.97 Å². The molecule has 0 spiro atoms. The normalized spacial score (nSPS) is 12.1. The minimum atomic E-state index is -0.703. The fourth-order valence-corrected chi connectivity index (χ4v) is 1.90. The van der Waals surface area contributed by atoms with E-state index in [4.69, 9.17) is 10.5 Å².